The van der Waals surface area contributed by atoms with E-state index in [-0.39, 0.29) is 10.5 Å². The van der Waals surface area contributed by atoms with Crippen molar-refractivity contribution in [2.45, 2.75) is 24.3 Å². The number of hydrogen-bond donors (Lipinski definition) is 0. The summed E-state index contributed by atoms with van der Waals surface area (Å²) in [5.74, 6) is 0.826. The summed E-state index contributed by atoms with van der Waals surface area (Å²) in [6.45, 7) is 5.56. The SMILES string of the molecule is CC1CN(c2nnc3ccc(Br)cn23)CC(C)S1=O. The summed E-state index contributed by atoms with van der Waals surface area (Å²) in [5.41, 5.74) is 0.824. The fourth-order valence-corrected chi connectivity index (χ4v) is 4.25. The van der Waals surface area contributed by atoms with Crippen LogP contribution in [0.5, 0.6) is 0 Å². The summed E-state index contributed by atoms with van der Waals surface area (Å²) in [6.07, 6.45) is 1.96. The van der Waals surface area contributed by atoms with Gasteiger partial charge in [0.25, 0.3) is 0 Å². The van der Waals surface area contributed by atoms with Crippen LogP contribution in [0.3, 0.4) is 0 Å². The fraction of sp³-hybridized carbons (Fsp3) is 0.500. The van der Waals surface area contributed by atoms with Crippen molar-refractivity contribution in [3.8, 4) is 0 Å². The third-order valence-corrected chi connectivity index (χ3v) is 5.73. The van der Waals surface area contributed by atoms with Crippen molar-refractivity contribution < 1.29 is 4.21 Å². The van der Waals surface area contributed by atoms with Crippen LogP contribution in [0.15, 0.2) is 22.8 Å². The zero-order valence-electron chi connectivity index (χ0n) is 10.8. The Bertz CT molecular complexity index is 630. The summed E-state index contributed by atoms with van der Waals surface area (Å²) < 4.78 is 15.0. The Balaban J connectivity index is 2.00. The molecule has 0 aromatic carbocycles. The number of pyridine rings is 1. The molecule has 3 rings (SSSR count). The summed E-state index contributed by atoms with van der Waals surface area (Å²) in [5, 5.41) is 8.76. The zero-order valence-corrected chi connectivity index (χ0v) is 13.2. The predicted molar refractivity (Wildman–Crippen MR) is 80.0 cm³/mol. The minimum absolute atomic E-state index is 0.156. The number of nitrogens with zero attached hydrogens (tertiary/aromatic N) is 4. The van der Waals surface area contributed by atoms with Gasteiger partial charge < -0.3 is 4.90 Å². The molecule has 5 nitrogen and oxygen atoms in total. The Morgan fingerprint density at radius 1 is 1.26 bits per heavy atom. The average Bonchev–Trinajstić information content (AvgIpc) is 2.78. The molecule has 2 aromatic heterocycles. The first-order chi connectivity index (χ1) is 9.06. The second kappa shape index (κ2) is 4.86. The average molecular weight is 343 g/mol. The molecule has 0 N–H and O–H groups in total. The van der Waals surface area contributed by atoms with Crippen molar-refractivity contribution in [1.82, 2.24) is 14.6 Å². The molecule has 3 heterocycles. The minimum Gasteiger partial charge on any atom is -0.338 e. The van der Waals surface area contributed by atoms with Crippen molar-refractivity contribution in [2.75, 3.05) is 18.0 Å². The van der Waals surface area contributed by atoms with Crippen LogP contribution in [0.1, 0.15) is 13.8 Å². The van der Waals surface area contributed by atoms with Gasteiger partial charge in [-0.3, -0.25) is 8.61 Å². The summed E-state index contributed by atoms with van der Waals surface area (Å²) in [7, 11) is -0.759. The molecule has 0 spiro atoms. The Kier molecular flexibility index (Phi) is 3.34. The molecule has 0 radical (unpaired) electrons. The van der Waals surface area contributed by atoms with Gasteiger partial charge in [0.2, 0.25) is 5.95 Å². The van der Waals surface area contributed by atoms with Crippen molar-refractivity contribution in [3.05, 3.63) is 22.8 Å². The van der Waals surface area contributed by atoms with Gasteiger partial charge in [-0.15, -0.1) is 10.2 Å². The highest BCUT2D eigenvalue weighted by Gasteiger charge is 2.30. The lowest BCUT2D eigenvalue weighted by molar-refractivity contribution is 0.624. The van der Waals surface area contributed by atoms with Crippen LogP contribution in [-0.4, -0.2) is 42.4 Å². The molecule has 2 unspecified atom stereocenters. The molecule has 7 heteroatoms. The standard InChI is InChI=1S/C12H15BrN4OS/c1-8-5-16(6-9(2)19(8)18)12-15-14-11-4-3-10(13)7-17(11)12/h3-4,7-9H,5-6H2,1-2H3. The van der Waals surface area contributed by atoms with Crippen molar-refractivity contribution in [1.29, 1.82) is 0 Å². The molecule has 0 bridgehead atoms. The monoisotopic (exact) mass is 342 g/mol. The normalized spacial score (nSPS) is 27.9. The van der Waals surface area contributed by atoms with E-state index >= 15 is 0 Å². The minimum atomic E-state index is -0.759. The first kappa shape index (κ1) is 13.1. The second-order valence-electron chi connectivity index (χ2n) is 4.93. The van der Waals surface area contributed by atoms with Crippen LogP contribution >= 0.6 is 15.9 Å². The lowest BCUT2D eigenvalue weighted by Crippen LogP contribution is -2.48. The van der Waals surface area contributed by atoms with Gasteiger partial charge in [-0.05, 0) is 41.9 Å². The Hall–Kier alpha value is -0.950. The van der Waals surface area contributed by atoms with Gasteiger partial charge >= 0.3 is 0 Å². The van der Waals surface area contributed by atoms with Crippen LogP contribution in [0.4, 0.5) is 5.95 Å². The lowest BCUT2D eigenvalue weighted by atomic mass is 10.3. The maximum Gasteiger partial charge on any atom is 0.231 e. The van der Waals surface area contributed by atoms with Crippen LogP contribution in [0, 0.1) is 0 Å². The maximum absolute atomic E-state index is 12.0. The molecule has 0 aliphatic carbocycles. The highest BCUT2D eigenvalue weighted by atomic mass is 79.9. The van der Waals surface area contributed by atoms with E-state index < -0.39 is 10.8 Å². The summed E-state index contributed by atoms with van der Waals surface area (Å²) >= 11 is 3.47. The van der Waals surface area contributed by atoms with E-state index in [1.54, 1.807) is 0 Å². The van der Waals surface area contributed by atoms with Crippen LogP contribution in [-0.2, 0) is 10.8 Å². The third kappa shape index (κ3) is 2.29. The van der Waals surface area contributed by atoms with Crippen molar-refractivity contribution in [3.63, 3.8) is 0 Å². The van der Waals surface area contributed by atoms with Gasteiger partial charge in [-0.2, -0.15) is 0 Å². The molecule has 1 aliphatic rings. The topological polar surface area (TPSA) is 50.5 Å². The van der Waals surface area contributed by atoms with E-state index in [1.165, 1.54) is 0 Å². The number of aromatic nitrogens is 3. The van der Waals surface area contributed by atoms with E-state index in [4.69, 9.17) is 0 Å². The number of fused-ring (bicyclic) bond motifs is 1. The molecular weight excluding hydrogens is 328 g/mol. The molecule has 102 valence electrons. The van der Waals surface area contributed by atoms with Crippen molar-refractivity contribution in [2.24, 2.45) is 0 Å². The molecule has 1 fully saturated rings. The van der Waals surface area contributed by atoms with Crippen LogP contribution in [0.25, 0.3) is 5.65 Å². The highest BCUT2D eigenvalue weighted by Crippen LogP contribution is 2.22. The molecule has 1 saturated heterocycles. The van der Waals surface area contributed by atoms with Gasteiger partial charge in [-0.1, -0.05) is 0 Å². The summed E-state index contributed by atoms with van der Waals surface area (Å²) in [6, 6.07) is 3.87. The molecule has 0 amide bonds. The number of rotatable bonds is 1. The number of hydrogen-bond acceptors (Lipinski definition) is 4. The van der Waals surface area contributed by atoms with E-state index in [9.17, 15) is 4.21 Å². The number of anilines is 1. The third-order valence-electron chi connectivity index (χ3n) is 3.38. The molecule has 2 aromatic rings. The van der Waals surface area contributed by atoms with Gasteiger partial charge in [0.05, 0.1) is 0 Å². The molecular formula is C12H15BrN4OS. The molecule has 1 aliphatic heterocycles. The van der Waals surface area contributed by atoms with E-state index in [0.717, 1.165) is 29.2 Å². The molecule has 0 saturated carbocycles. The fourth-order valence-electron chi connectivity index (χ4n) is 2.47. The van der Waals surface area contributed by atoms with E-state index in [2.05, 4.69) is 31.0 Å². The van der Waals surface area contributed by atoms with Gasteiger partial charge in [0.1, 0.15) is 0 Å². The first-order valence-electron chi connectivity index (χ1n) is 6.21. The van der Waals surface area contributed by atoms with Crippen LogP contribution < -0.4 is 4.90 Å². The van der Waals surface area contributed by atoms with Gasteiger partial charge in [-0.25, -0.2) is 0 Å². The first-order valence-corrected chi connectivity index (χ1v) is 8.28. The number of halogens is 1. The molecule has 2 atom stereocenters. The quantitative estimate of drug-likeness (QED) is 0.793. The largest absolute Gasteiger partial charge is 0.338 e. The summed E-state index contributed by atoms with van der Waals surface area (Å²) in [4.78, 5) is 2.17. The molecule has 19 heavy (non-hydrogen) atoms. The zero-order chi connectivity index (χ0) is 13.6. The van der Waals surface area contributed by atoms with E-state index in [0.29, 0.717) is 0 Å². The van der Waals surface area contributed by atoms with Gasteiger partial charge in [0, 0.05) is 45.1 Å². The Labute approximate surface area is 122 Å². The van der Waals surface area contributed by atoms with Crippen LogP contribution in [0.2, 0.25) is 0 Å². The smallest absolute Gasteiger partial charge is 0.231 e. The van der Waals surface area contributed by atoms with Gasteiger partial charge in [0.15, 0.2) is 5.65 Å². The Morgan fingerprint density at radius 3 is 2.63 bits per heavy atom. The highest BCUT2D eigenvalue weighted by molar-refractivity contribution is 9.10. The maximum atomic E-state index is 12.0. The second-order valence-corrected chi connectivity index (χ2v) is 8.11. The predicted octanol–water partition coefficient (Wildman–Crippen LogP) is 1.84. The van der Waals surface area contributed by atoms with E-state index in [1.807, 2.05) is 36.6 Å². The Morgan fingerprint density at radius 2 is 1.95 bits per heavy atom. The van der Waals surface area contributed by atoms with Crippen molar-refractivity contribution >= 4 is 38.3 Å². The lowest BCUT2D eigenvalue weighted by Gasteiger charge is -2.34.